The van der Waals surface area contributed by atoms with Crippen LogP contribution in [0.1, 0.15) is 34.0 Å². The molecule has 0 unspecified atom stereocenters. The molecule has 0 bridgehead atoms. The van der Waals surface area contributed by atoms with E-state index >= 15 is 0 Å². The Bertz CT molecular complexity index is 1590. The lowest BCUT2D eigenvalue weighted by atomic mass is 9.85. The van der Waals surface area contributed by atoms with Crippen molar-refractivity contribution in [3.05, 3.63) is 134 Å². The van der Waals surface area contributed by atoms with E-state index in [1.165, 1.54) is 0 Å². The van der Waals surface area contributed by atoms with E-state index in [0.717, 1.165) is 28.3 Å². The molecule has 3 aromatic carbocycles. The van der Waals surface area contributed by atoms with E-state index in [0.29, 0.717) is 16.9 Å². The van der Waals surface area contributed by atoms with Crippen molar-refractivity contribution in [2.45, 2.75) is 19.8 Å². The second kappa shape index (κ2) is 9.50. The zero-order chi connectivity index (χ0) is 26.3. The minimum Gasteiger partial charge on any atom is -0.497 e. The van der Waals surface area contributed by atoms with Crippen molar-refractivity contribution in [1.29, 1.82) is 0 Å². The Labute approximate surface area is 215 Å². The first-order valence-corrected chi connectivity index (χ1v) is 12.2. The van der Waals surface area contributed by atoms with Gasteiger partial charge in [0.1, 0.15) is 5.75 Å². The fourth-order valence-corrected chi connectivity index (χ4v) is 5.14. The normalized spacial score (nSPS) is 11.3. The van der Waals surface area contributed by atoms with Crippen molar-refractivity contribution in [1.82, 2.24) is 18.7 Å². The lowest BCUT2D eigenvalue weighted by Gasteiger charge is -2.17. The zero-order valence-electron chi connectivity index (χ0n) is 21.7. The summed E-state index contributed by atoms with van der Waals surface area (Å²) in [4.78, 5) is 28.3. The van der Waals surface area contributed by atoms with E-state index in [2.05, 4.69) is 0 Å². The van der Waals surface area contributed by atoms with E-state index < -0.39 is 5.92 Å². The predicted molar refractivity (Wildman–Crippen MR) is 145 cm³/mol. The molecular formula is C30H30N4O3. The van der Waals surface area contributed by atoms with Gasteiger partial charge in [0.25, 0.3) is 11.1 Å². The highest BCUT2D eigenvalue weighted by Gasteiger charge is 2.33. The van der Waals surface area contributed by atoms with Gasteiger partial charge >= 0.3 is 0 Å². The Kier molecular flexibility index (Phi) is 6.21. The molecule has 2 heterocycles. The van der Waals surface area contributed by atoms with Crippen LogP contribution in [0.4, 0.5) is 0 Å². The Morgan fingerprint density at radius 2 is 1.11 bits per heavy atom. The Morgan fingerprint density at radius 1 is 0.649 bits per heavy atom. The first-order valence-electron chi connectivity index (χ1n) is 12.2. The van der Waals surface area contributed by atoms with Gasteiger partial charge in [0.2, 0.25) is 0 Å². The third-order valence-corrected chi connectivity index (χ3v) is 7.20. The standard InChI is InChI=1S/C30H30N4O3/c1-20-26(29(35)33(31(20)3)23-14-8-6-9-15-23)28(22-13-12-18-25(19-22)37-5)27-21(2)32(4)34(30(27)36)24-16-10-7-11-17-24/h6-19,28H,1-5H3. The molecule has 0 aliphatic carbocycles. The van der Waals surface area contributed by atoms with Crippen LogP contribution in [0, 0.1) is 13.8 Å². The smallest absolute Gasteiger partial charge is 0.275 e. The Hall–Kier alpha value is -4.52. The van der Waals surface area contributed by atoms with Crippen molar-refractivity contribution < 1.29 is 4.74 Å². The maximum absolute atomic E-state index is 14.1. The van der Waals surface area contributed by atoms with Gasteiger partial charge in [-0.05, 0) is 55.8 Å². The quantitative estimate of drug-likeness (QED) is 0.350. The molecule has 7 heteroatoms. The fourth-order valence-electron chi connectivity index (χ4n) is 5.14. The molecule has 7 nitrogen and oxygen atoms in total. The van der Waals surface area contributed by atoms with Gasteiger partial charge in [-0.25, -0.2) is 9.36 Å². The molecule has 0 radical (unpaired) electrons. The van der Waals surface area contributed by atoms with E-state index in [9.17, 15) is 9.59 Å². The zero-order valence-corrected chi connectivity index (χ0v) is 21.7. The number of nitrogens with zero attached hydrogens (tertiary/aromatic N) is 4. The van der Waals surface area contributed by atoms with Gasteiger partial charge in [-0.3, -0.25) is 19.0 Å². The predicted octanol–water partition coefficient (Wildman–Crippen LogP) is 4.47. The largest absolute Gasteiger partial charge is 0.497 e. The number of benzene rings is 3. The first-order chi connectivity index (χ1) is 17.8. The average molecular weight is 495 g/mol. The van der Waals surface area contributed by atoms with Gasteiger partial charge in [-0.1, -0.05) is 48.5 Å². The van der Waals surface area contributed by atoms with Gasteiger partial charge in [0.15, 0.2) is 0 Å². The highest BCUT2D eigenvalue weighted by Crippen LogP contribution is 2.34. The van der Waals surface area contributed by atoms with Gasteiger partial charge in [0.05, 0.1) is 29.6 Å². The SMILES string of the molecule is COc1cccc(C(c2c(C)n(C)n(-c3ccccc3)c2=O)c2c(C)n(C)n(-c3ccccc3)c2=O)c1. The van der Waals surface area contributed by atoms with Crippen LogP contribution in [0.5, 0.6) is 5.75 Å². The summed E-state index contributed by atoms with van der Waals surface area (Å²) in [7, 11) is 5.35. The molecular weight excluding hydrogens is 464 g/mol. The van der Waals surface area contributed by atoms with Crippen LogP contribution in [0.15, 0.2) is 94.5 Å². The minimum atomic E-state index is -0.595. The van der Waals surface area contributed by atoms with Crippen LogP contribution < -0.4 is 15.9 Å². The summed E-state index contributed by atoms with van der Waals surface area (Å²) in [6.07, 6.45) is 0. The van der Waals surface area contributed by atoms with Crippen LogP contribution in [0.3, 0.4) is 0 Å². The van der Waals surface area contributed by atoms with Gasteiger partial charge in [-0.2, -0.15) is 0 Å². The van der Waals surface area contributed by atoms with E-state index in [1.54, 1.807) is 16.5 Å². The van der Waals surface area contributed by atoms with Gasteiger partial charge in [0, 0.05) is 31.4 Å². The fraction of sp³-hybridized carbons (Fsp3) is 0.200. The van der Waals surface area contributed by atoms with Crippen molar-refractivity contribution in [2.24, 2.45) is 14.1 Å². The van der Waals surface area contributed by atoms with E-state index in [1.807, 2.05) is 122 Å². The summed E-state index contributed by atoms with van der Waals surface area (Å²) in [5.41, 5.74) is 4.72. The molecule has 5 aromatic rings. The monoisotopic (exact) mass is 494 g/mol. The topological polar surface area (TPSA) is 63.1 Å². The second-order valence-corrected chi connectivity index (χ2v) is 9.16. The van der Waals surface area contributed by atoms with Crippen LogP contribution in [-0.4, -0.2) is 25.8 Å². The summed E-state index contributed by atoms with van der Waals surface area (Å²) < 4.78 is 12.5. The third-order valence-electron chi connectivity index (χ3n) is 7.20. The number of methoxy groups -OCH3 is 1. The molecule has 2 aromatic heterocycles. The van der Waals surface area contributed by atoms with Crippen molar-refractivity contribution in [3.8, 4) is 17.1 Å². The average Bonchev–Trinajstić information content (AvgIpc) is 3.28. The molecule has 0 spiro atoms. The summed E-state index contributed by atoms with van der Waals surface area (Å²) in [6, 6.07) is 26.7. The number of hydrogen-bond donors (Lipinski definition) is 0. The molecule has 0 fully saturated rings. The van der Waals surface area contributed by atoms with Crippen LogP contribution in [-0.2, 0) is 14.1 Å². The van der Waals surface area contributed by atoms with Gasteiger partial charge in [-0.15, -0.1) is 0 Å². The third kappa shape index (κ3) is 3.93. The summed E-state index contributed by atoms with van der Waals surface area (Å²) in [5.74, 6) is 0.0684. The van der Waals surface area contributed by atoms with Gasteiger partial charge < -0.3 is 4.74 Å². The Balaban J connectivity index is 1.85. The second-order valence-electron chi connectivity index (χ2n) is 9.16. The molecule has 0 aliphatic rings. The van der Waals surface area contributed by atoms with Crippen molar-refractivity contribution in [2.75, 3.05) is 7.11 Å². The maximum atomic E-state index is 14.1. The lowest BCUT2D eigenvalue weighted by Crippen LogP contribution is -2.26. The molecule has 0 aliphatic heterocycles. The van der Waals surface area contributed by atoms with E-state index in [4.69, 9.17) is 4.74 Å². The number of hydrogen-bond acceptors (Lipinski definition) is 3. The molecule has 0 saturated carbocycles. The van der Waals surface area contributed by atoms with Crippen LogP contribution in [0.25, 0.3) is 11.4 Å². The summed E-state index contributed by atoms with van der Waals surface area (Å²) >= 11 is 0. The Morgan fingerprint density at radius 3 is 1.54 bits per heavy atom. The summed E-state index contributed by atoms with van der Waals surface area (Å²) in [6.45, 7) is 3.86. The number of para-hydroxylation sites is 2. The minimum absolute atomic E-state index is 0.159. The highest BCUT2D eigenvalue weighted by atomic mass is 16.5. The molecule has 0 saturated heterocycles. The highest BCUT2D eigenvalue weighted by molar-refractivity contribution is 5.49. The molecule has 0 N–H and O–H groups in total. The number of ether oxygens (including phenoxy) is 1. The molecule has 0 atom stereocenters. The van der Waals surface area contributed by atoms with Crippen molar-refractivity contribution in [3.63, 3.8) is 0 Å². The lowest BCUT2D eigenvalue weighted by molar-refractivity contribution is 0.414. The first kappa shape index (κ1) is 24.2. The molecule has 5 rings (SSSR count). The van der Waals surface area contributed by atoms with E-state index in [-0.39, 0.29) is 11.1 Å². The summed E-state index contributed by atoms with van der Waals surface area (Å²) in [5, 5.41) is 0. The molecule has 37 heavy (non-hydrogen) atoms. The van der Waals surface area contributed by atoms with Crippen LogP contribution >= 0.6 is 0 Å². The molecule has 0 amide bonds. The number of aromatic nitrogens is 4. The molecule has 188 valence electrons. The number of rotatable bonds is 6. The maximum Gasteiger partial charge on any atom is 0.275 e. The van der Waals surface area contributed by atoms with Crippen molar-refractivity contribution >= 4 is 0 Å². The van der Waals surface area contributed by atoms with Crippen LogP contribution in [0.2, 0.25) is 0 Å².